The number of Topliss-reactive ketones (excluding diaryl/α,β-unsaturated/α-hetero) is 1. The van der Waals surface area contributed by atoms with Crippen molar-refractivity contribution in [1.82, 2.24) is 9.88 Å². The van der Waals surface area contributed by atoms with Crippen molar-refractivity contribution < 1.29 is 28.4 Å². The van der Waals surface area contributed by atoms with E-state index < -0.39 is 29.3 Å². The first-order chi connectivity index (χ1) is 16.5. The normalized spacial score (nSPS) is 17.4. The van der Waals surface area contributed by atoms with Gasteiger partial charge in [0.05, 0.1) is 19.2 Å². The fraction of sp³-hybridized carbons (Fsp3) is 0.269. The van der Waals surface area contributed by atoms with Gasteiger partial charge in [0.25, 0.3) is 5.91 Å². The number of aromatic amines is 1. The summed E-state index contributed by atoms with van der Waals surface area (Å²) in [5.41, 5.74) is 0.686. The van der Waals surface area contributed by atoms with Crippen LogP contribution < -0.4 is 14.4 Å². The molecule has 1 unspecified atom stereocenters. The fourth-order valence-corrected chi connectivity index (χ4v) is 4.05. The third-order valence-electron chi connectivity index (χ3n) is 5.72. The molecule has 2 aromatic carbocycles. The molecular weight excluding hydrogens is 437 g/mol. The highest BCUT2D eigenvalue weighted by atomic mass is 19.1. The molecule has 1 aliphatic rings. The van der Waals surface area contributed by atoms with Crippen LogP contribution in [0.25, 0.3) is 5.76 Å². The van der Waals surface area contributed by atoms with Gasteiger partial charge in [-0.3, -0.25) is 14.6 Å². The predicted molar refractivity (Wildman–Crippen MR) is 121 cm³/mol. The molecule has 1 aromatic heterocycles. The number of carbonyl (C=O) groups excluding carboxylic acids is 2. The number of H-pyrrole nitrogens is 1. The van der Waals surface area contributed by atoms with Gasteiger partial charge in [-0.25, -0.2) is 8.96 Å². The lowest BCUT2D eigenvalue weighted by Gasteiger charge is -2.27. The summed E-state index contributed by atoms with van der Waals surface area (Å²) in [5, 5.41) is 13.4. The van der Waals surface area contributed by atoms with E-state index in [2.05, 4.69) is 4.98 Å². The van der Waals surface area contributed by atoms with Crippen molar-refractivity contribution in [2.75, 3.05) is 13.2 Å². The predicted octanol–water partition coefficient (Wildman–Crippen LogP) is 2.54. The van der Waals surface area contributed by atoms with Gasteiger partial charge < -0.3 is 14.7 Å². The van der Waals surface area contributed by atoms with Crippen LogP contribution in [0.4, 0.5) is 4.39 Å². The zero-order chi connectivity index (χ0) is 24.1. The number of aromatic nitrogens is 2. The second-order valence-electron chi connectivity index (χ2n) is 8.10. The number of ether oxygens (including phenoxy) is 1. The third kappa shape index (κ3) is 4.85. The Labute approximate surface area is 197 Å². The first kappa shape index (κ1) is 23.2. The van der Waals surface area contributed by atoms with Gasteiger partial charge in [-0.05, 0) is 41.8 Å². The molecule has 34 heavy (non-hydrogen) atoms. The van der Waals surface area contributed by atoms with Gasteiger partial charge in [0.15, 0.2) is 0 Å². The first-order valence-electron chi connectivity index (χ1n) is 11.3. The minimum atomic E-state index is -0.875. The summed E-state index contributed by atoms with van der Waals surface area (Å²) in [6.45, 7) is 3.45. The second-order valence-corrected chi connectivity index (χ2v) is 8.10. The molecule has 2 heterocycles. The Morgan fingerprint density at radius 1 is 1.15 bits per heavy atom. The first-order valence-corrected chi connectivity index (χ1v) is 11.3. The number of nitrogens with zero attached hydrogens (tertiary/aromatic N) is 2. The van der Waals surface area contributed by atoms with Gasteiger partial charge in [-0.15, -0.1) is 0 Å². The second kappa shape index (κ2) is 10.3. The lowest BCUT2D eigenvalue weighted by Crippen LogP contribution is -2.36. The standard InChI is InChI=1S/C26H26FN3O4/c1-2-16-34-21-10-6-19(7-11-21)24(31)22-23(18-4-8-20(27)9-5-18)30(26(33)25(22)32)14-3-13-29-15-12-28-17-29/h4-12,15,17,23H,2-3,13-14,16H2,1H3,(H,31,32). The number of imidazole rings is 1. The van der Waals surface area contributed by atoms with Crippen molar-refractivity contribution >= 4 is 17.4 Å². The lowest BCUT2D eigenvalue weighted by atomic mass is 9.95. The molecule has 1 aliphatic heterocycles. The summed E-state index contributed by atoms with van der Waals surface area (Å²) in [6.07, 6.45) is 6.87. The third-order valence-corrected chi connectivity index (χ3v) is 5.72. The molecule has 7 nitrogen and oxygen atoms in total. The molecule has 1 N–H and O–H groups in total. The Bertz CT molecular complexity index is 1170. The van der Waals surface area contributed by atoms with Gasteiger partial charge in [0, 0.05) is 18.5 Å². The summed E-state index contributed by atoms with van der Waals surface area (Å²) in [5.74, 6) is -1.88. The maximum absolute atomic E-state index is 13.6. The monoisotopic (exact) mass is 463 g/mol. The Morgan fingerprint density at radius 3 is 2.53 bits per heavy atom. The number of rotatable bonds is 9. The Kier molecular flexibility index (Phi) is 7.06. The SMILES string of the molecule is CCCOc1ccc(C([O-])=C2C(=O)C(=O)N(CCC[n+]3cc[nH]c3)C2c2ccc(F)cc2)cc1. The van der Waals surface area contributed by atoms with Crippen LogP contribution in [0.15, 0.2) is 72.8 Å². The van der Waals surface area contributed by atoms with E-state index >= 15 is 0 Å². The quantitative estimate of drug-likeness (QED) is 0.229. The van der Waals surface area contributed by atoms with Crippen molar-refractivity contribution in [3.63, 3.8) is 0 Å². The van der Waals surface area contributed by atoms with Gasteiger partial charge in [0.2, 0.25) is 12.1 Å². The van der Waals surface area contributed by atoms with E-state index in [9.17, 15) is 19.1 Å². The zero-order valence-corrected chi connectivity index (χ0v) is 18.9. The molecule has 176 valence electrons. The zero-order valence-electron chi connectivity index (χ0n) is 18.9. The average Bonchev–Trinajstić information content (AvgIpc) is 3.45. The van der Waals surface area contributed by atoms with Gasteiger partial charge in [-0.1, -0.05) is 36.9 Å². The van der Waals surface area contributed by atoms with E-state index in [0.29, 0.717) is 30.9 Å². The smallest absolute Gasteiger partial charge is 0.295 e. The van der Waals surface area contributed by atoms with Crippen LogP contribution in [-0.4, -0.2) is 34.7 Å². The fourth-order valence-electron chi connectivity index (χ4n) is 4.05. The Morgan fingerprint density at radius 2 is 1.88 bits per heavy atom. The molecule has 0 radical (unpaired) electrons. The van der Waals surface area contributed by atoms with Crippen molar-refractivity contribution in [3.8, 4) is 5.75 Å². The van der Waals surface area contributed by atoms with E-state index in [0.717, 1.165) is 6.42 Å². The molecular formula is C26H26FN3O4. The highest BCUT2D eigenvalue weighted by Crippen LogP contribution is 2.38. The summed E-state index contributed by atoms with van der Waals surface area (Å²) in [7, 11) is 0. The number of hydrogen-bond acceptors (Lipinski definition) is 4. The molecule has 4 rings (SSSR count). The molecule has 8 heteroatoms. The topological polar surface area (TPSA) is 89.3 Å². The highest BCUT2D eigenvalue weighted by Gasteiger charge is 2.43. The number of benzene rings is 2. The minimum absolute atomic E-state index is 0.117. The molecule has 3 aromatic rings. The van der Waals surface area contributed by atoms with E-state index in [1.54, 1.807) is 36.8 Å². The lowest BCUT2D eigenvalue weighted by molar-refractivity contribution is -0.695. The van der Waals surface area contributed by atoms with Crippen LogP contribution in [0.5, 0.6) is 5.75 Å². The number of ketones is 1. The summed E-state index contributed by atoms with van der Waals surface area (Å²) >= 11 is 0. The van der Waals surface area contributed by atoms with E-state index in [-0.39, 0.29) is 17.7 Å². The number of hydrogen-bond donors (Lipinski definition) is 1. The van der Waals surface area contributed by atoms with Crippen LogP contribution in [0.1, 0.15) is 36.9 Å². The molecule has 1 atom stereocenters. The van der Waals surface area contributed by atoms with Crippen molar-refractivity contribution in [2.45, 2.75) is 32.4 Å². The van der Waals surface area contributed by atoms with Crippen molar-refractivity contribution in [3.05, 3.63) is 89.8 Å². The van der Waals surface area contributed by atoms with Gasteiger partial charge in [-0.2, -0.15) is 0 Å². The van der Waals surface area contributed by atoms with Crippen LogP contribution >= 0.6 is 0 Å². The van der Waals surface area contributed by atoms with Crippen LogP contribution in [0, 0.1) is 5.82 Å². The number of carbonyl (C=O) groups is 2. The number of halogens is 1. The van der Waals surface area contributed by atoms with E-state index in [1.807, 2.05) is 17.7 Å². The number of aryl methyl sites for hydroxylation is 1. The van der Waals surface area contributed by atoms with E-state index in [1.165, 1.54) is 29.2 Å². The van der Waals surface area contributed by atoms with Crippen LogP contribution in [0.2, 0.25) is 0 Å². The van der Waals surface area contributed by atoms with Gasteiger partial charge >= 0.3 is 0 Å². The molecule has 1 amide bonds. The molecule has 0 saturated carbocycles. The largest absolute Gasteiger partial charge is 0.872 e. The summed E-state index contributed by atoms with van der Waals surface area (Å²) in [6, 6.07) is 11.2. The Balaban J connectivity index is 1.67. The summed E-state index contributed by atoms with van der Waals surface area (Å²) < 4.78 is 21.1. The number of amides is 1. The minimum Gasteiger partial charge on any atom is -0.872 e. The molecule has 1 saturated heterocycles. The number of nitrogens with one attached hydrogen (secondary N) is 1. The van der Waals surface area contributed by atoms with E-state index in [4.69, 9.17) is 4.74 Å². The van der Waals surface area contributed by atoms with Crippen molar-refractivity contribution in [1.29, 1.82) is 0 Å². The Hall–Kier alpha value is -3.94. The maximum atomic E-state index is 13.6. The average molecular weight is 464 g/mol. The molecule has 0 spiro atoms. The molecule has 1 fully saturated rings. The van der Waals surface area contributed by atoms with Crippen LogP contribution in [0.3, 0.4) is 0 Å². The molecule has 0 bridgehead atoms. The number of likely N-dealkylation sites (tertiary alicyclic amines) is 1. The van der Waals surface area contributed by atoms with Crippen LogP contribution in [-0.2, 0) is 16.1 Å². The highest BCUT2D eigenvalue weighted by molar-refractivity contribution is 6.46. The summed E-state index contributed by atoms with van der Waals surface area (Å²) in [4.78, 5) is 30.4. The van der Waals surface area contributed by atoms with Gasteiger partial charge in [0.1, 0.15) is 24.0 Å². The maximum Gasteiger partial charge on any atom is 0.295 e. The van der Waals surface area contributed by atoms with Crippen molar-refractivity contribution in [2.24, 2.45) is 0 Å². The molecule has 0 aliphatic carbocycles.